The van der Waals surface area contributed by atoms with Gasteiger partial charge in [-0.3, -0.25) is 9.36 Å². The van der Waals surface area contributed by atoms with Crippen LogP contribution in [0, 0.1) is 11.3 Å². The van der Waals surface area contributed by atoms with Crippen molar-refractivity contribution in [2.24, 2.45) is 0 Å². The van der Waals surface area contributed by atoms with E-state index < -0.39 is 0 Å². The molecule has 126 valence electrons. The number of nitrogens with zero attached hydrogens (tertiary/aromatic N) is 2. The van der Waals surface area contributed by atoms with Crippen LogP contribution >= 0.6 is 11.3 Å². The van der Waals surface area contributed by atoms with E-state index in [1.165, 1.54) is 11.3 Å². The molecule has 0 spiro atoms. The average molecular weight is 343 g/mol. The van der Waals surface area contributed by atoms with E-state index in [-0.39, 0.29) is 11.6 Å². The number of anilines is 1. The van der Waals surface area contributed by atoms with E-state index in [1.807, 2.05) is 44.2 Å². The zero-order chi connectivity index (χ0) is 17.7. The van der Waals surface area contributed by atoms with Gasteiger partial charge in [-0.05, 0) is 51.1 Å². The fourth-order valence-corrected chi connectivity index (χ4v) is 3.57. The van der Waals surface area contributed by atoms with Crippen molar-refractivity contribution in [2.45, 2.75) is 33.4 Å². The molecule has 5 nitrogen and oxygen atoms in total. The molecule has 1 heterocycles. The first-order valence-corrected chi connectivity index (χ1v) is 8.54. The summed E-state index contributed by atoms with van der Waals surface area (Å²) in [6.07, 6.45) is 1.90. The Morgan fingerprint density at radius 2 is 2.12 bits per heavy atom. The molecule has 0 aliphatic carbocycles. The van der Waals surface area contributed by atoms with E-state index >= 15 is 0 Å². The quantitative estimate of drug-likeness (QED) is 0.901. The highest BCUT2D eigenvalue weighted by molar-refractivity contribution is 7.07. The van der Waals surface area contributed by atoms with E-state index in [0.717, 1.165) is 16.1 Å². The van der Waals surface area contributed by atoms with Crippen molar-refractivity contribution in [1.82, 2.24) is 4.57 Å². The van der Waals surface area contributed by atoms with Crippen LogP contribution < -0.4 is 24.8 Å². The molecule has 1 N–H and O–H groups in total. The Labute approximate surface area is 145 Å². The molecule has 6 heteroatoms. The summed E-state index contributed by atoms with van der Waals surface area (Å²) >= 11 is 1.36. The molecule has 0 bridgehead atoms. The lowest BCUT2D eigenvalue weighted by molar-refractivity contribution is 0.415. The summed E-state index contributed by atoms with van der Waals surface area (Å²) < 4.78 is 8.17. The number of benzene rings is 1. The van der Waals surface area contributed by atoms with Crippen LogP contribution in [-0.2, 0) is 6.54 Å². The maximum atomic E-state index is 12.5. The van der Waals surface area contributed by atoms with Gasteiger partial charge in [0.2, 0.25) is 0 Å². The van der Waals surface area contributed by atoms with Crippen molar-refractivity contribution in [3.63, 3.8) is 0 Å². The van der Waals surface area contributed by atoms with Gasteiger partial charge in [0, 0.05) is 18.3 Å². The molecule has 24 heavy (non-hydrogen) atoms. The molecule has 2 aromatic rings. The first-order chi connectivity index (χ1) is 11.5. The van der Waals surface area contributed by atoms with Crippen molar-refractivity contribution < 1.29 is 4.74 Å². The predicted molar refractivity (Wildman–Crippen MR) is 98.7 cm³/mol. The van der Waals surface area contributed by atoms with E-state index in [2.05, 4.69) is 11.4 Å². The second-order valence-corrected chi connectivity index (χ2v) is 6.42. The number of hydrogen-bond acceptors (Lipinski definition) is 5. The maximum absolute atomic E-state index is 12.5. The summed E-state index contributed by atoms with van der Waals surface area (Å²) in [5.41, 5.74) is 1.47. The monoisotopic (exact) mass is 343 g/mol. The Hall–Kier alpha value is -2.52. The number of hydrogen-bond donors (Lipinski definition) is 1. The SMILES string of the molecule is CCn1c(=O)c(=CC(C)Nc2ccc(OC)cc2)s/c1=C(\C)C#N. The zero-order valence-corrected chi connectivity index (χ0v) is 15.1. The minimum absolute atomic E-state index is 0.0229. The van der Waals surface area contributed by atoms with Gasteiger partial charge in [0.1, 0.15) is 10.4 Å². The molecular formula is C18H21N3O2S. The molecule has 0 aliphatic heterocycles. The fourth-order valence-electron chi connectivity index (χ4n) is 2.37. The Morgan fingerprint density at radius 1 is 1.46 bits per heavy atom. The summed E-state index contributed by atoms with van der Waals surface area (Å²) in [4.78, 5) is 12.5. The molecule has 1 unspecified atom stereocenters. The zero-order valence-electron chi connectivity index (χ0n) is 14.3. The third-order valence-corrected chi connectivity index (χ3v) is 4.85. The highest BCUT2D eigenvalue weighted by atomic mass is 32.1. The summed E-state index contributed by atoms with van der Waals surface area (Å²) in [6, 6.07) is 9.73. The number of rotatable bonds is 5. The Balaban J connectivity index is 2.35. The van der Waals surface area contributed by atoms with Gasteiger partial charge in [-0.25, -0.2) is 0 Å². The molecule has 0 radical (unpaired) electrons. The van der Waals surface area contributed by atoms with Gasteiger partial charge in [-0.2, -0.15) is 5.26 Å². The molecular weight excluding hydrogens is 322 g/mol. The van der Waals surface area contributed by atoms with Crippen LogP contribution in [0.1, 0.15) is 20.8 Å². The van der Waals surface area contributed by atoms with Crippen LogP contribution in [0.15, 0.2) is 29.1 Å². The van der Waals surface area contributed by atoms with Gasteiger partial charge in [0.05, 0.1) is 23.3 Å². The number of nitrogens with one attached hydrogen (secondary N) is 1. The molecule has 1 aromatic heterocycles. The third kappa shape index (κ3) is 3.87. The molecule has 0 saturated carbocycles. The van der Waals surface area contributed by atoms with Gasteiger partial charge in [0.15, 0.2) is 0 Å². The summed E-state index contributed by atoms with van der Waals surface area (Å²) in [5.74, 6) is 0.799. The second-order valence-electron chi connectivity index (χ2n) is 5.39. The smallest absolute Gasteiger partial charge is 0.268 e. The normalized spacial score (nSPS) is 14.0. The lowest BCUT2D eigenvalue weighted by Gasteiger charge is -2.11. The number of thiazole rings is 1. The van der Waals surface area contributed by atoms with Crippen molar-refractivity contribution in [3.05, 3.63) is 43.8 Å². The van der Waals surface area contributed by atoms with Gasteiger partial charge in [-0.1, -0.05) is 0 Å². The molecule has 0 amide bonds. The summed E-state index contributed by atoms with van der Waals surface area (Å²) in [7, 11) is 1.63. The van der Waals surface area contributed by atoms with Gasteiger partial charge < -0.3 is 10.1 Å². The lowest BCUT2D eigenvalue weighted by Crippen LogP contribution is -2.32. The van der Waals surface area contributed by atoms with E-state index in [1.54, 1.807) is 18.6 Å². The Morgan fingerprint density at radius 3 is 2.67 bits per heavy atom. The summed E-state index contributed by atoms with van der Waals surface area (Å²) in [6.45, 7) is 6.18. The van der Waals surface area contributed by atoms with Crippen molar-refractivity contribution in [1.29, 1.82) is 5.26 Å². The van der Waals surface area contributed by atoms with E-state index in [0.29, 0.717) is 16.7 Å². The topological polar surface area (TPSA) is 67.1 Å². The van der Waals surface area contributed by atoms with Crippen LogP contribution in [0.2, 0.25) is 0 Å². The molecule has 0 fully saturated rings. The Kier molecular flexibility index (Phi) is 5.83. The van der Waals surface area contributed by atoms with Crippen molar-refractivity contribution in [2.75, 3.05) is 12.4 Å². The summed E-state index contributed by atoms with van der Waals surface area (Å²) in [5, 5.41) is 12.4. The first-order valence-electron chi connectivity index (χ1n) is 7.73. The minimum Gasteiger partial charge on any atom is -0.497 e. The van der Waals surface area contributed by atoms with E-state index in [9.17, 15) is 4.79 Å². The maximum Gasteiger partial charge on any atom is 0.268 e. The van der Waals surface area contributed by atoms with Crippen molar-refractivity contribution >= 4 is 28.7 Å². The van der Waals surface area contributed by atoms with Crippen molar-refractivity contribution in [3.8, 4) is 11.8 Å². The molecule has 2 rings (SSSR count). The van der Waals surface area contributed by atoms with Crippen LogP contribution in [0.5, 0.6) is 5.75 Å². The lowest BCUT2D eigenvalue weighted by atomic mass is 10.2. The first kappa shape index (κ1) is 17.8. The standard InChI is InChI=1S/C18H21N3O2S/c1-5-21-17(22)16(24-18(21)12(2)11-19)10-13(3)20-14-6-8-15(23-4)9-7-14/h6-10,13,20H,5H2,1-4H3/b16-10?,18-12+. The Bertz CT molecular complexity index is 917. The highest BCUT2D eigenvalue weighted by Crippen LogP contribution is 2.15. The van der Waals surface area contributed by atoms with E-state index in [4.69, 9.17) is 10.00 Å². The van der Waals surface area contributed by atoms with Gasteiger partial charge in [-0.15, -0.1) is 11.3 Å². The fraction of sp³-hybridized carbons (Fsp3) is 0.333. The highest BCUT2D eigenvalue weighted by Gasteiger charge is 2.07. The van der Waals surface area contributed by atoms with Crippen LogP contribution in [0.3, 0.4) is 0 Å². The number of nitriles is 1. The number of methoxy groups -OCH3 is 1. The predicted octanol–water partition coefficient (Wildman–Crippen LogP) is 1.91. The number of ether oxygens (including phenoxy) is 1. The molecule has 1 aromatic carbocycles. The largest absolute Gasteiger partial charge is 0.497 e. The molecule has 1 atom stereocenters. The van der Waals surface area contributed by atoms with Gasteiger partial charge >= 0.3 is 0 Å². The van der Waals surface area contributed by atoms with Crippen LogP contribution in [0.4, 0.5) is 5.69 Å². The average Bonchev–Trinajstić information content (AvgIpc) is 2.90. The van der Waals surface area contributed by atoms with Crippen LogP contribution in [-0.4, -0.2) is 17.7 Å². The number of aromatic nitrogens is 1. The second kappa shape index (κ2) is 7.84. The third-order valence-electron chi connectivity index (χ3n) is 3.60. The molecule has 0 aliphatic rings. The van der Waals surface area contributed by atoms with Crippen LogP contribution in [0.25, 0.3) is 11.6 Å². The van der Waals surface area contributed by atoms with Gasteiger partial charge in [0.25, 0.3) is 5.56 Å². The minimum atomic E-state index is -0.0459. The molecule has 0 saturated heterocycles.